The molecule has 2 rings (SSSR count). The average molecular weight is 349 g/mol. The minimum atomic E-state index is -1.18. The normalized spacial score (nSPS) is 17.7. The lowest BCUT2D eigenvalue weighted by molar-refractivity contribution is -0.134. The maximum absolute atomic E-state index is 12.5. The molecule has 1 aromatic rings. The van der Waals surface area contributed by atoms with Crippen LogP contribution in [0.2, 0.25) is 0 Å². The van der Waals surface area contributed by atoms with Crippen molar-refractivity contribution < 1.29 is 19.5 Å². The number of carboxylic acid groups (broad SMARTS) is 1. The number of carbonyl (C=O) groups excluding carboxylic acids is 2. The molecule has 2 heterocycles. The zero-order valence-electron chi connectivity index (χ0n) is 13.7. The second-order valence-electron chi connectivity index (χ2n) is 5.29. The fourth-order valence-electron chi connectivity index (χ4n) is 2.68. The van der Waals surface area contributed by atoms with E-state index in [-0.39, 0.29) is 17.7 Å². The van der Waals surface area contributed by atoms with Gasteiger partial charge in [-0.25, -0.2) is 14.6 Å². The molecule has 128 valence electrons. The van der Waals surface area contributed by atoms with Crippen molar-refractivity contribution in [3.8, 4) is 0 Å². The molecule has 0 saturated carbocycles. The number of nitrogens with one attached hydrogen (secondary N) is 1. The quantitative estimate of drug-likeness (QED) is 0.793. The fourth-order valence-corrected chi connectivity index (χ4v) is 3.27. The number of hydrogen-bond acceptors (Lipinski definition) is 5. The maximum atomic E-state index is 12.5. The summed E-state index contributed by atoms with van der Waals surface area (Å²) in [6.07, 6.45) is 4.12. The summed E-state index contributed by atoms with van der Waals surface area (Å²) in [6.45, 7) is 3.34. The van der Waals surface area contributed by atoms with E-state index in [1.54, 1.807) is 18.3 Å². The van der Waals surface area contributed by atoms with Crippen LogP contribution in [-0.2, 0) is 9.59 Å². The van der Waals surface area contributed by atoms with Gasteiger partial charge < -0.3 is 10.4 Å². The van der Waals surface area contributed by atoms with Crippen molar-refractivity contribution in [1.29, 1.82) is 0 Å². The molecule has 7 nitrogen and oxygen atoms in total. The Balaban J connectivity index is 2.68. The Morgan fingerprint density at radius 1 is 1.46 bits per heavy atom. The number of pyridine rings is 1. The number of urea groups is 1. The van der Waals surface area contributed by atoms with Crippen molar-refractivity contribution >= 4 is 29.7 Å². The highest BCUT2D eigenvalue weighted by molar-refractivity contribution is 7.98. The lowest BCUT2D eigenvalue weighted by atomic mass is 9.94. The summed E-state index contributed by atoms with van der Waals surface area (Å²) in [6, 6.07) is 1.76. The molecular weight excluding hydrogens is 330 g/mol. The zero-order chi connectivity index (χ0) is 17.9. The third-order valence-electron chi connectivity index (χ3n) is 3.70. The first-order chi connectivity index (χ1) is 11.4. The summed E-state index contributed by atoms with van der Waals surface area (Å²) in [4.78, 5) is 41.9. The molecule has 1 unspecified atom stereocenters. The SMILES string of the molecule is CCCC(=O)N1C(=O)NC(C)=C(C(=O)O)C1c1cccnc1SC. The standard InChI is InChI=1S/C16H19N3O4S/c1-4-6-11(20)19-13(10-7-5-8-17-14(10)24-3)12(15(21)22)9(2)18-16(19)23/h5,7-8,13H,4,6H2,1-3H3,(H,18,23)(H,21,22). The highest BCUT2D eigenvalue weighted by Crippen LogP contribution is 2.37. The van der Waals surface area contributed by atoms with Gasteiger partial charge in [-0.05, 0) is 25.7 Å². The van der Waals surface area contributed by atoms with Crippen LogP contribution in [0.25, 0.3) is 0 Å². The first kappa shape index (κ1) is 18.0. The smallest absolute Gasteiger partial charge is 0.335 e. The van der Waals surface area contributed by atoms with Gasteiger partial charge in [-0.15, -0.1) is 11.8 Å². The second-order valence-corrected chi connectivity index (χ2v) is 6.09. The number of hydrogen-bond donors (Lipinski definition) is 2. The molecule has 3 amide bonds. The van der Waals surface area contributed by atoms with Crippen molar-refractivity contribution in [3.05, 3.63) is 35.2 Å². The third kappa shape index (κ3) is 3.28. The molecule has 0 spiro atoms. The molecule has 0 aliphatic carbocycles. The number of allylic oxidation sites excluding steroid dienone is 1. The number of aliphatic carboxylic acids is 1. The van der Waals surface area contributed by atoms with Crippen molar-refractivity contribution in [2.24, 2.45) is 0 Å². The van der Waals surface area contributed by atoms with E-state index < -0.39 is 23.9 Å². The number of carboxylic acids is 1. The predicted molar refractivity (Wildman–Crippen MR) is 89.4 cm³/mol. The lowest BCUT2D eigenvalue weighted by Crippen LogP contribution is -2.51. The van der Waals surface area contributed by atoms with Gasteiger partial charge in [0.05, 0.1) is 5.57 Å². The molecule has 1 aromatic heterocycles. The maximum Gasteiger partial charge on any atom is 0.335 e. The van der Waals surface area contributed by atoms with E-state index in [1.165, 1.54) is 18.7 Å². The molecule has 2 N–H and O–H groups in total. The molecule has 0 aromatic carbocycles. The number of aromatic nitrogens is 1. The van der Waals surface area contributed by atoms with Crippen LogP contribution < -0.4 is 5.32 Å². The van der Waals surface area contributed by atoms with Crippen molar-refractivity contribution in [1.82, 2.24) is 15.2 Å². The Morgan fingerprint density at radius 2 is 2.17 bits per heavy atom. The Morgan fingerprint density at radius 3 is 2.75 bits per heavy atom. The van der Waals surface area contributed by atoms with E-state index in [9.17, 15) is 19.5 Å². The Kier molecular flexibility index (Phi) is 5.61. The molecule has 8 heteroatoms. The Hall–Kier alpha value is -2.35. The molecule has 0 saturated heterocycles. The summed E-state index contributed by atoms with van der Waals surface area (Å²) in [5, 5.41) is 12.7. The van der Waals surface area contributed by atoms with Gasteiger partial charge in [-0.2, -0.15) is 0 Å². The number of amides is 3. The van der Waals surface area contributed by atoms with Gasteiger partial charge in [-0.1, -0.05) is 13.0 Å². The van der Waals surface area contributed by atoms with Crippen LogP contribution in [0.3, 0.4) is 0 Å². The summed E-state index contributed by atoms with van der Waals surface area (Å²) in [7, 11) is 0. The van der Waals surface area contributed by atoms with E-state index in [2.05, 4.69) is 10.3 Å². The molecular formula is C16H19N3O4S. The van der Waals surface area contributed by atoms with Gasteiger partial charge in [0.25, 0.3) is 0 Å². The van der Waals surface area contributed by atoms with E-state index in [4.69, 9.17) is 0 Å². The van der Waals surface area contributed by atoms with Gasteiger partial charge >= 0.3 is 12.0 Å². The first-order valence-electron chi connectivity index (χ1n) is 7.48. The largest absolute Gasteiger partial charge is 0.478 e. The van der Waals surface area contributed by atoms with Gasteiger partial charge in [0.15, 0.2) is 0 Å². The summed E-state index contributed by atoms with van der Waals surface area (Å²) in [5.41, 5.74) is 0.734. The minimum absolute atomic E-state index is 0.0256. The van der Waals surface area contributed by atoms with Crippen LogP contribution >= 0.6 is 11.8 Å². The number of carbonyl (C=O) groups is 3. The average Bonchev–Trinajstić information content (AvgIpc) is 2.53. The van der Waals surface area contributed by atoms with E-state index in [0.717, 1.165) is 4.90 Å². The Bertz CT molecular complexity index is 717. The lowest BCUT2D eigenvalue weighted by Gasteiger charge is -2.36. The molecule has 0 radical (unpaired) electrons. The van der Waals surface area contributed by atoms with Crippen molar-refractivity contribution in [2.45, 2.75) is 37.8 Å². The summed E-state index contributed by atoms with van der Waals surface area (Å²) < 4.78 is 0. The molecule has 1 atom stereocenters. The van der Waals surface area contributed by atoms with Gasteiger partial charge in [0, 0.05) is 23.9 Å². The van der Waals surface area contributed by atoms with E-state index in [1.807, 2.05) is 13.2 Å². The van der Waals surface area contributed by atoms with Crippen molar-refractivity contribution in [2.75, 3.05) is 6.26 Å². The minimum Gasteiger partial charge on any atom is -0.478 e. The highest BCUT2D eigenvalue weighted by Gasteiger charge is 2.41. The van der Waals surface area contributed by atoms with Crippen LogP contribution in [0.5, 0.6) is 0 Å². The van der Waals surface area contributed by atoms with Crippen LogP contribution in [0.15, 0.2) is 34.6 Å². The van der Waals surface area contributed by atoms with Crippen LogP contribution in [0, 0.1) is 0 Å². The molecule has 0 bridgehead atoms. The summed E-state index contributed by atoms with van der Waals surface area (Å²) >= 11 is 1.34. The Labute approximate surface area is 144 Å². The number of nitrogens with zero attached hydrogens (tertiary/aromatic N) is 2. The molecule has 1 aliphatic rings. The van der Waals surface area contributed by atoms with Crippen LogP contribution in [0.4, 0.5) is 4.79 Å². The van der Waals surface area contributed by atoms with Gasteiger partial charge in [0.2, 0.25) is 5.91 Å². The second kappa shape index (κ2) is 7.48. The molecule has 0 fully saturated rings. The fraction of sp³-hybridized carbons (Fsp3) is 0.375. The van der Waals surface area contributed by atoms with Gasteiger partial charge in [-0.3, -0.25) is 9.69 Å². The molecule has 24 heavy (non-hydrogen) atoms. The number of imide groups is 1. The number of thioether (sulfide) groups is 1. The zero-order valence-corrected chi connectivity index (χ0v) is 14.5. The van der Waals surface area contributed by atoms with E-state index in [0.29, 0.717) is 17.0 Å². The topological polar surface area (TPSA) is 99.6 Å². The first-order valence-corrected chi connectivity index (χ1v) is 8.70. The van der Waals surface area contributed by atoms with Gasteiger partial charge in [0.1, 0.15) is 11.1 Å². The van der Waals surface area contributed by atoms with Crippen molar-refractivity contribution in [3.63, 3.8) is 0 Å². The monoisotopic (exact) mass is 349 g/mol. The molecule has 1 aliphatic heterocycles. The summed E-state index contributed by atoms with van der Waals surface area (Å²) in [5.74, 6) is -1.59. The van der Waals surface area contributed by atoms with E-state index >= 15 is 0 Å². The van der Waals surface area contributed by atoms with Crippen LogP contribution in [-0.4, -0.2) is 39.2 Å². The van der Waals surface area contributed by atoms with Crippen LogP contribution in [0.1, 0.15) is 38.3 Å². The highest BCUT2D eigenvalue weighted by atomic mass is 32.2. The predicted octanol–water partition coefficient (Wildman–Crippen LogP) is 2.56. The number of rotatable bonds is 5. The third-order valence-corrected chi connectivity index (χ3v) is 4.43.